The number of aliphatic imine (C=N–C) groups is 2. The van der Waals surface area contributed by atoms with Crippen LogP contribution in [0.15, 0.2) is 46.4 Å². The summed E-state index contributed by atoms with van der Waals surface area (Å²) in [7, 11) is 0. The summed E-state index contributed by atoms with van der Waals surface area (Å²) in [4.78, 5) is 8.94. The van der Waals surface area contributed by atoms with Gasteiger partial charge in [0.1, 0.15) is 11.8 Å². The predicted molar refractivity (Wildman–Crippen MR) is 108 cm³/mol. The summed E-state index contributed by atoms with van der Waals surface area (Å²) in [5.74, 6) is 1.13. The van der Waals surface area contributed by atoms with Crippen molar-refractivity contribution in [3.8, 4) is 0 Å². The van der Waals surface area contributed by atoms with Crippen LogP contribution in [0, 0.1) is 12.8 Å². The summed E-state index contributed by atoms with van der Waals surface area (Å²) in [6.07, 6.45) is 3.79. The number of aryl methyl sites for hydroxylation is 1. The van der Waals surface area contributed by atoms with Crippen molar-refractivity contribution in [2.45, 2.75) is 34.4 Å². The molecule has 0 bridgehead atoms. The van der Waals surface area contributed by atoms with Crippen LogP contribution in [0.2, 0.25) is 5.02 Å². The number of allylic oxidation sites excluding steroid dienone is 2. The molecule has 0 aliphatic heterocycles. The summed E-state index contributed by atoms with van der Waals surface area (Å²) >= 11 is 12.7. The Bertz CT molecular complexity index is 817. The van der Waals surface area contributed by atoms with Gasteiger partial charge in [0.25, 0.3) is 0 Å². The van der Waals surface area contributed by atoms with Gasteiger partial charge in [-0.3, -0.25) is 0 Å². The highest BCUT2D eigenvalue weighted by Gasteiger charge is 2.10. The van der Waals surface area contributed by atoms with Gasteiger partial charge >= 0.3 is 0 Å². The lowest BCUT2D eigenvalue weighted by Crippen LogP contribution is -2.02. The van der Waals surface area contributed by atoms with Crippen molar-refractivity contribution in [3.63, 3.8) is 0 Å². The van der Waals surface area contributed by atoms with Gasteiger partial charge in [0.05, 0.1) is 5.69 Å². The van der Waals surface area contributed by atoms with E-state index in [2.05, 4.69) is 28.9 Å². The molecule has 0 radical (unpaired) electrons. The second kappa shape index (κ2) is 8.97. The van der Waals surface area contributed by atoms with Gasteiger partial charge in [-0.2, -0.15) is 5.10 Å². The first kappa shape index (κ1) is 19.4. The lowest BCUT2D eigenvalue weighted by Gasteiger charge is -2.08. The standard InChI is InChI=1S/C19H22Cl2N4/c1-5-15(16-8-6-7-9-17(16)20)19(21)23-12-25-18(10-14(4)24-25)22-11-13(2)3/h5-11,13H,12H2,1-4H3. The van der Waals surface area contributed by atoms with E-state index in [1.54, 1.807) is 4.68 Å². The fraction of sp³-hybridized carbons (Fsp3) is 0.316. The molecule has 1 aromatic carbocycles. The molecule has 4 nitrogen and oxygen atoms in total. The molecule has 0 saturated heterocycles. The monoisotopic (exact) mass is 376 g/mol. The molecule has 0 fully saturated rings. The summed E-state index contributed by atoms with van der Waals surface area (Å²) < 4.78 is 1.73. The van der Waals surface area contributed by atoms with E-state index in [0.717, 1.165) is 22.6 Å². The second-order valence-electron chi connectivity index (χ2n) is 5.94. The highest BCUT2D eigenvalue weighted by molar-refractivity contribution is 6.76. The van der Waals surface area contributed by atoms with Crippen LogP contribution in [0.4, 0.5) is 5.82 Å². The maximum absolute atomic E-state index is 6.43. The Hall–Kier alpha value is -1.91. The summed E-state index contributed by atoms with van der Waals surface area (Å²) in [6, 6.07) is 9.49. The zero-order valence-corrected chi connectivity index (χ0v) is 16.4. The third-order valence-corrected chi connectivity index (χ3v) is 4.06. The Morgan fingerprint density at radius 1 is 1.32 bits per heavy atom. The Morgan fingerprint density at radius 3 is 2.68 bits per heavy atom. The molecule has 0 aliphatic carbocycles. The van der Waals surface area contributed by atoms with Crippen LogP contribution in [0.1, 0.15) is 32.0 Å². The molecule has 1 aromatic heterocycles. The molecule has 0 saturated carbocycles. The topological polar surface area (TPSA) is 42.5 Å². The van der Waals surface area contributed by atoms with Crippen LogP contribution < -0.4 is 0 Å². The third-order valence-electron chi connectivity index (χ3n) is 3.40. The molecule has 0 aliphatic rings. The zero-order valence-electron chi connectivity index (χ0n) is 14.9. The van der Waals surface area contributed by atoms with Gasteiger partial charge in [0, 0.05) is 28.4 Å². The van der Waals surface area contributed by atoms with Gasteiger partial charge in [-0.05, 0) is 25.8 Å². The van der Waals surface area contributed by atoms with Crippen molar-refractivity contribution in [2.24, 2.45) is 15.9 Å². The number of nitrogens with zero attached hydrogens (tertiary/aromatic N) is 4. The number of aromatic nitrogens is 2. The number of hydrogen-bond acceptors (Lipinski definition) is 3. The van der Waals surface area contributed by atoms with E-state index in [4.69, 9.17) is 23.2 Å². The van der Waals surface area contributed by atoms with E-state index in [9.17, 15) is 0 Å². The van der Waals surface area contributed by atoms with Crippen LogP contribution in [-0.2, 0) is 6.67 Å². The molecule has 6 heteroatoms. The van der Waals surface area contributed by atoms with E-state index in [-0.39, 0.29) is 0 Å². The summed E-state index contributed by atoms with van der Waals surface area (Å²) in [5.41, 5.74) is 2.54. The summed E-state index contributed by atoms with van der Waals surface area (Å²) in [5, 5.41) is 5.46. The fourth-order valence-electron chi connectivity index (χ4n) is 2.24. The van der Waals surface area contributed by atoms with Gasteiger partial charge in [-0.15, -0.1) is 0 Å². The van der Waals surface area contributed by atoms with Crippen molar-refractivity contribution in [1.82, 2.24) is 9.78 Å². The number of rotatable bonds is 6. The smallest absolute Gasteiger partial charge is 0.152 e. The summed E-state index contributed by atoms with van der Waals surface area (Å²) in [6.45, 7) is 8.28. The molecular formula is C19H22Cl2N4. The average molecular weight is 377 g/mol. The Kier molecular flexibility index (Phi) is 6.97. The predicted octanol–water partition coefficient (Wildman–Crippen LogP) is 5.90. The minimum atomic E-state index is 0.291. The molecule has 0 atom stereocenters. The van der Waals surface area contributed by atoms with Crippen LogP contribution in [-0.4, -0.2) is 21.2 Å². The third kappa shape index (κ3) is 5.28. The van der Waals surface area contributed by atoms with Crippen molar-refractivity contribution >= 4 is 46.0 Å². The molecule has 25 heavy (non-hydrogen) atoms. The lowest BCUT2D eigenvalue weighted by molar-refractivity contribution is 0.640. The fourth-order valence-corrected chi connectivity index (χ4v) is 2.75. The van der Waals surface area contributed by atoms with E-state index in [1.165, 1.54) is 0 Å². The molecule has 0 amide bonds. The molecule has 2 rings (SSSR count). The van der Waals surface area contributed by atoms with Crippen molar-refractivity contribution in [2.75, 3.05) is 0 Å². The maximum Gasteiger partial charge on any atom is 0.152 e. The number of benzene rings is 1. The first-order chi connectivity index (χ1) is 11.9. The van der Waals surface area contributed by atoms with E-state index in [0.29, 0.717) is 22.8 Å². The number of hydrogen-bond donors (Lipinski definition) is 0. The molecule has 0 spiro atoms. The van der Waals surface area contributed by atoms with E-state index < -0.39 is 0 Å². The number of halogens is 2. The molecule has 132 valence electrons. The molecular weight excluding hydrogens is 355 g/mol. The first-order valence-electron chi connectivity index (χ1n) is 8.12. The molecule has 0 unspecified atom stereocenters. The zero-order chi connectivity index (χ0) is 18.4. The highest BCUT2D eigenvalue weighted by atomic mass is 35.5. The first-order valence-corrected chi connectivity index (χ1v) is 8.88. The van der Waals surface area contributed by atoms with Gasteiger partial charge in [0.15, 0.2) is 5.82 Å². The van der Waals surface area contributed by atoms with Crippen LogP contribution >= 0.6 is 23.2 Å². The molecule has 2 aromatic rings. The Balaban J connectivity index is 2.25. The van der Waals surface area contributed by atoms with Gasteiger partial charge in [-0.25, -0.2) is 14.7 Å². The van der Waals surface area contributed by atoms with Gasteiger partial charge in [0.2, 0.25) is 0 Å². The minimum absolute atomic E-state index is 0.291. The lowest BCUT2D eigenvalue weighted by atomic mass is 10.1. The van der Waals surface area contributed by atoms with Crippen molar-refractivity contribution < 1.29 is 0 Å². The van der Waals surface area contributed by atoms with Gasteiger partial charge < -0.3 is 0 Å². The van der Waals surface area contributed by atoms with E-state index >= 15 is 0 Å². The van der Waals surface area contributed by atoms with Crippen LogP contribution in [0.5, 0.6) is 0 Å². The van der Waals surface area contributed by atoms with E-state index in [1.807, 2.05) is 56.5 Å². The Morgan fingerprint density at radius 2 is 2.04 bits per heavy atom. The largest absolute Gasteiger partial charge is 0.249 e. The average Bonchev–Trinajstić information content (AvgIpc) is 2.93. The molecule has 1 heterocycles. The van der Waals surface area contributed by atoms with Gasteiger partial charge in [-0.1, -0.05) is 61.3 Å². The second-order valence-corrected chi connectivity index (χ2v) is 6.70. The molecule has 0 N–H and O–H groups in total. The highest BCUT2D eigenvalue weighted by Crippen LogP contribution is 2.26. The SMILES string of the molecule is CC=C(C(Cl)=NCn1nc(C)cc1N=CC(C)C)c1ccccc1Cl. The Labute approximate surface area is 158 Å². The normalized spacial score (nSPS) is 13.2. The quantitative estimate of drug-likeness (QED) is 0.578. The maximum atomic E-state index is 6.43. The van der Waals surface area contributed by atoms with Crippen LogP contribution in [0.25, 0.3) is 5.57 Å². The van der Waals surface area contributed by atoms with Crippen molar-refractivity contribution in [3.05, 3.63) is 52.7 Å². The van der Waals surface area contributed by atoms with Crippen molar-refractivity contribution in [1.29, 1.82) is 0 Å². The minimum Gasteiger partial charge on any atom is -0.249 e. The van der Waals surface area contributed by atoms with Crippen LogP contribution in [0.3, 0.4) is 0 Å².